The molecular formula is C11H20N2. The molecule has 1 heterocycles. The fraction of sp³-hybridized carbons (Fsp3) is 0.727. The van der Waals surface area contributed by atoms with Crippen LogP contribution in [0.25, 0.3) is 0 Å². The van der Waals surface area contributed by atoms with Crippen molar-refractivity contribution < 1.29 is 0 Å². The summed E-state index contributed by atoms with van der Waals surface area (Å²) in [6, 6.07) is 0. The maximum atomic E-state index is 4.19. The van der Waals surface area contributed by atoms with Gasteiger partial charge in [0.25, 0.3) is 0 Å². The Balaban J connectivity index is 2.70. The first-order valence-electron chi connectivity index (χ1n) is 5.02. The summed E-state index contributed by atoms with van der Waals surface area (Å²) >= 11 is 0. The maximum absolute atomic E-state index is 4.19. The number of nitrogens with zero attached hydrogens (tertiary/aromatic N) is 2. The first-order chi connectivity index (χ1) is 6.03. The van der Waals surface area contributed by atoms with E-state index in [1.165, 1.54) is 12.1 Å². The summed E-state index contributed by atoms with van der Waals surface area (Å²) in [7, 11) is 0. The van der Waals surface area contributed by atoms with Crippen molar-refractivity contribution in [3.8, 4) is 0 Å². The highest BCUT2D eigenvalue weighted by Gasteiger charge is 2.13. The van der Waals surface area contributed by atoms with Crippen LogP contribution in [0.2, 0.25) is 0 Å². The minimum atomic E-state index is 0.353. The fourth-order valence-corrected chi connectivity index (χ4v) is 1.48. The highest BCUT2D eigenvalue weighted by molar-refractivity contribution is 5.01. The molecule has 0 radical (unpaired) electrons. The predicted octanol–water partition coefficient (Wildman–Crippen LogP) is 2.88. The van der Waals surface area contributed by atoms with Crippen molar-refractivity contribution in [2.24, 2.45) is 5.41 Å². The molecule has 0 aliphatic heterocycles. The monoisotopic (exact) mass is 180 g/mol. The van der Waals surface area contributed by atoms with Crippen LogP contribution in [-0.4, -0.2) is 9.55 Å². The molecule has 1 rings (SSSR count). The van der Waals surface area contributed by atoms with Crippen LogP contribution in [0.1, 0.15) is 39.8 Å². The van der Waals surface area contributed by atoms with Crippen LogP contribution < -0.4 is 0 Å². The average Bonchev–Trinajstić information content (AvgIpc) is 2.34. The van der Waals surface area contributed by atoms with Crippen LogP contribution in [0.3, 0.4) is 0 Å². The molecule has 2 nitrogen and oxygen atoms in total. The van der Waals surface area contributed by atoms with Crippen molar-refractivity contribution in [1.29, 1.82) is 0 Å². The number of hydrogen-bond donors (Lipinski definition) is 0. The Kier molecular flexibility index (Phi) is 3.12. The summed E-state index contributed by atoms with van der Waals surface area (Å²) in [5.41, 5.74) is 1.71. The van der Waals surface area contributed by atoms with Gasteiger partial charge in [-0.05, 0) is 18.3 Å². The van der Waals surface area contributed by atoms with Gasteiger partial charge >= 0.3 is 0 Å². The molecule has 74 valence electrons. The summed E-state index contributed by atoms with van der Waals surface area (Å²) in [5.74, 6) is 0. The number of imidazole rings is 1. The minimum absolute atomic E-state index is 0.353. The summed E-state index contributed by atoms with van der Waals surface area (Å²) in [5, 5.41) is 0. The van der Waals surface area contributed by atoms with Crippen LogP contribution >= 0.6 is 0 Å². The Morgan fingerprint density at radius 3 is 2.62 bits per heavy atom. The Morgan fingerprint density at radius 2 is 2.08 bits per heavy atom. The molecule has 0 saturated carbocycles. The molecule has 2 heteroatoms. The second kappa shape index (κ2) is 3.95. The Labute approximate surface area is 81.0 Å². The van der Waals surface area contributed by atoms with Gasteiger partial charge in [0.1, 0.15) is 0 Å². The molecular weight excluding hydrogens is 160 g/mol. The lowest BCUT2D eigenvalue weighted by Crippen LogP contribution is -2.13. The molecule has 0 bridgehead atoms. The molecule has 0 N–H and O–H groups in total. The SMILES string of the molecule is CCCn1cncc1CC(C)(C)C. The van der Waals surface area contributed by atoms with E-state index in [0.29, 0.717) is 5.41 Å². The van der Waals surface area contributed by atoms with Crippen LogP contribution in [0.4, 0.5) is 0 Å². The minimum Gasteiger partial charge on any atom is -0.335 e. The quantitative estimate of drug-likeness (QED) is 0.699. The Bertz CT molecular complexity index is 255. The number of aryl methyl sites for hydroxylation is 1. The van der Waals surface area contributed by atoms with E-state index < -0.39 is 0 Å². The average molecular weight is 180 g/mol. The molecule has 0 aliphatic rings. The van der Waals surface area contributed by atoms with E-state index in [2.05, 4.69) is 37.2 Å². The summed E-state index contributed by atoms with van der Waals surface area (Å²) in [6.07, 6.45) is 6.20. The van der Waals surface area contributed by atoms with Crippen molar-refractivity contribution in [2.45, 2.75) is 47.1 Å². The van der Waals surface area contributed by atoms with Gasteiger partial charge in [-0.15, -0.1) is 0 Å². The van der Waals surface area contributed by atoms with Crippen LogP contribution in [0.15, 0.2) is 12.5 Å². The summed E-state index contributed by atoms with van der Waals surface area (Å²) in [4.78, 5) is 4.19. The van der Waals surface area contributed by atoms with Crippen molar-refractivity contribution >= 4 is 0 Å². The van der Waals surface area contributed by atoms with E-state index in [9.17, 15) is 0 Å². The largest absolute Gasteiger partial charge is 0.335 e. The molecule has 0 saturated heterocycles. The molecule has 0 spiro atoms. The van der Waals surface area contributed by atoms with Gasteiger partial charge in [0.05, 0.1) is 6.33 Å². The predicted molar refractivity (Wildman–Crippen MR) is 55.7 cm³/mol. The highest BCUT2D eigenvalue weighted by Crippen LogP contribution is 2.20. The molecule has 0 fully saturated rings. The molecule has 0 aliphatic carbocycles. The molecule has 0 unspecified atom stereocenters. The molecule has 1 aromatic rings. The number of aromatic nitrogens is 2. The van der Waals surface area contributed by atoms with Gasteiger partial charge in [0.15, 0.2) is 0 Å². The van der Waals surface area contributed by atoms with Crippen molar-refractivity contribution in [3.63, 3.8) is 0 Å². The van der Waals surface area contributed by atoms with Gasteiger partial charge in [-0.3, -0.25) is 0 Å². The third-order valence-electron chi connectivity index (χ3n) is 1.97. The maximum Gasteiger partial charge on any atom is 0.0948 e. The van der Waals surface area contributed by atoms with E-state index >= 15 is 0 Å². The Hall–Kier alpha value is -0.790. The summed E-state index contributed by atoms with van der Waals surface area (Å²) in [6.45, 7) is 10.1. The number of rotatable bonds is 3. The smallest absolute Gasteiger partial charge is 0.0948 e. The van der Waals surface area contributed by atoms with E-state index in [0.717, 1.165) is 13.0 Å². The van der Waals surface area contributed by atoms with Crippen LogP contribution in [-0.2, 0) is 13.0 Å². The van der Waals surface area contributed by atoms with Crippen molar-refractivity contribution in [2.75, 3.05) is 0 Å². The van der Waals surface area contributed by atoms with E-state index in [-0.39, 0.29) is 0 Å². The fourth-order valence-electron chi connectivity index (χ4n) is 1.48. The zero-order chi connectivity index (χ0) is 9.90. The lowest BCUT2D eigenvalue weighted by molar-refractivity contribution is 0.397. The van der Waals surface area contributed by atoms with Crippen LogP contribution in [0, 0.1) is 5.41 Å². The molecule has 0 aromatic carbocycles. The van der Waals surface area contributed by atoms with Gasteiger partial charge < -0.3 is 4.57 Å². The topological polar surface area (TPSA) is 17.8 Å². The lowest BCUT2D eigenvalue weighted by atomic mass is 9.91. The third kappa shape index (κ3) is 3.21. The third-order valence-corrected chi connectivity index (χ3v) is 1.97. The lowest BCUT2D eigenvalue weighted by Gasteiger charge is -2.18. The Morgan fingerprint density at radius 1 is 1.38 bits per heavy atom. The second-order valence-corrected chi connectivity index (χ2v) is 4.82. The zero-order valence-corrected chi connectivity index (χ0v) is 9.17. The van der Waals surface area contributed by atoms with E-state index in [4.69, 9.17) is 0 Å². The standard InChI is InChI=1S/C11H20N2/c1-5-6-13-9-12-8-10(13)7-11(2,3)4/h8-9H,5-7H2,1-4H3. The van der Waals surface area contributed by atoms with Crippen LogP contribution in [0.5, 0.6) is 0 Å². The van der Waals surface area contributed by atoms with Gasteiger partial charge in [-0.2, -0.15) is 0 Å². The second-order valence-electron chi connectivity index (χ2n) is 4.82. The highest BCUT2D eigenvalue weighted by atomic mass is 15.0. The first kappa shape index (κ1) is 10.3. The van der Waals surface area contributed by atoms with Gasteiger partial charge in [0.2, 0.25) is 0 Å². The van der Waals surface area contributed by atoms with E-state index in [1.54, 1.807) is 0 Å². The van der Waals surface area contributed by atoms with Gasteiger partial charge in [-0.1, -0.05) is 27.7 Å². The van der Waals surface area contributed by atoms with Crippen molar-refractivity contribution in [1.82, 2.24) is 9.55 Å². The molecule has 13 heavy (non-hydrogen) atoms. The summed E-state index contributed by atoms with van der Waals surface area (Å²) < 4.78 is 2.26. The van der Waals surface area contributed by atoms with E-state index in [1.807, 2.05) is 12.5 Å². The number of hydrogen-bond acceptors (Lipinski definition) is 1. The van der Waals surface area contributed by atoms with Gasteiger partial charge in [0, 0.05) is 18.4 Å². The normalized spacial score (nSPS) is 12.0. The van der Waals surface area contributed by atoms with Gasteiger partial charge in [-0.25, -0.2) is 4.98 Å². The molecule has 0 amide bonds. The molecule has 0 atom stereocenters. The van der Waals surface area contributed by atoms with Crippen molar-refractivity contribution in [3.05, 3.63) is 18.2 Å². The zero-order valence-electron chi connectivity index (χ0n) is 9.17. The first-order valence-corrected chi connectivity index (χ1v) is 5.02. The molecule has 1 aromatic heterocycles.